The molecule has 1 aliphatic heterocycles. The lowest BCUT2D eigenvalue weighted by Crippen LogP contribution is -2.38. The van der Waals surface area contributed by atoms with Crippen molar-refractivity contribution in [3.05, 3.63) is 52.9 Å². The van der Waals surface area contributed by atoms with Crippen LogP contribution in [0.1, 0.15) is 32.4 Å². The van der Waals surface area contributed by atoms with Gasteiger partial charge in [-0.3, -0.25) is 0 Å². The average molecular weight is 413 g/mol. The number of sulfone groups is 1. The van der Waals surface area contributed by atoms with E-state index in [0.717, 1.165) is 11.3 Å². The Balaban J connectivity index is 1.79. The van der Waals surface area contributed by atoms with Crippen molar-refractivity contribution in [3.63, 3.8) is 0 Å². The first-order valence-corrected chi connectivity index (χ1v) is 10.5. The van der Waals surface area contributed by atoms with Gasteiger partial charge in [-0.05, 0) is 50.6 Å². The number of hydrogen-bond donors (Lipinski definition) is 0. The first kappa shape index (κ1) is 20.0. The van der Waals surface area contributed by atoms with Crippen molar-refractivity contribution in [1.29, 1.82) is 0 Å². The van der Waals surface area contributed by atoms with Crippen molar-refractivity contribution in [2.24, 2.45) is 0 Å². The summed E-state index contributed by atoms with van der Waals surface area (Å²) < 4.78 is 43.3. The molecule has 0 bridgehead atoms. The number of rotatable bonds is 3. The second-order valence-corrected chi connectivity index (χ2v) is 10.5. The van der Waals surface area contributed by atoms with Gasteiger partial charge in [-0.1, -0.05) is 17.7 Å². The third-order valence-electron chi connectivity index (χ3n) is 4.55. The Kier molecular flexibility index (Phi) is 5.47. The van der Waals surface area contributed by atoms with E-state index >= 15 is 0 Å². The van der Waals surface area contributed by atoms with Crippen LogP contribution in [0.25, 0.3) is 0 Å². The molecule has 27 heavy (non-hydrogen) atoms. The molecule has 0 amide bonds. The lowest BCUT2D eigenvalue weighted by atomic mass is 10.1. The number of anilines is 1. The predicted octanol–water partition coefficient (Wildman–Crippen LogP) is 4.02. The summed E-state index contributed by atoms with van der Waals surface area (Å²) in [5.74, 6) is -0.465. The van der Waals surface area contributed by atoms with E-state index in [1.807, 2.05) is 0 Å². The lowest BCUT2D eigenvalue weighted by molar-refractivity contribution is 0.0397. The maximum absolute atomic E-state index is 13.4. The van der Waals surface area contributed by atoms with E-state index in [9.17, 15) is 12.8 Å². The van der Waals surface area contributed by atoms with E-state index in [-0.39, 0.29) is 16.2 Å². The highest BCUT2D eigenvalue weighted by Gasteiger charge is 2.32. The molecule has 1 aromatic carbocycles. The van der Waals surface area contributed by atoms with Gasteiger partial charge >= 0.3 is 0 Å². The molecule has 1 unspecified atom stereocenters. The smallest absolute Gasteiger partial charge is 0.200 e. The average Bonchev–Trinajstić information content (AvgIpc) is 2.63. The number of nitrogens with zero attached hydrogens (tertiary/aromatic N) is 2. The van der Waals surface area contributed by atoms with Crippen LogP contribution in [0.4, 0.5) is 10.1 Å². The van der Waals surface area contributed by atoms with Gasteiger partial charge in [0.05, 0.1) is 28.3 Å². The standard InChI is InChI=1S/C19H22ClFN2O3S/c1-19(2,3)27(24,25)18-7-5-14(11-22-18)23-8-9-26-17(12-23)13-4-6-16(21)15(20)10-13/h4-7,10-11,17H,8-9,12H2,1-3H3. The van der Waals surface area contributed by atoms with Crippen LogP contribution in [0.5, 0.6) is 0 Å². The molecule has 1 atom stereocenters. The zero-order chi connectivity index (χ0) is 19.8. The van der Waals surface area contributed by atoms with Gasteiger partial charge in [0.15, 0.2) is 14.9 Å². The zero-order valence-electron chi connectivity index (χ0n) is 15.4. The number of ether oxygens (including phenoxy) is 1. The molecule has 0 saturated carbocycles. The fourth-order valence-electron chi connectivity index (χ4n) is 2.83. The van der Waals surface area contributed by atoms with Crippen LogP contribution in [0.3, 0.4) is 0 Å². The molecular formula is C19H22ClFN2O3S. The molecule has 2 aromatic rings. The number of halogens is 2. The van der Waals surface area contributed by atoms with E-state index in [4.69, 9.17) is 16.3 Å². The van der Waals surface area contributed by atoms with Crippen molar-refractivity contribution in [2.45, 2.75) is 36.6 Å². The number of aromatic nitrogens is 1. The van der Waals surface area contributed by atoms with E-state index in [0.29, 0.717) is 19.7 Å². The Morgan fingerprint density at radius 1 is 1.26 bits per heavy atom. The van der Waals surface area contributed by atoms with Crippen molar-refractivity contribution >= 4 is 27.1 Å². The summed E-state index contributed by atoms with van der Waals surface area (Å²) in [6, 6.07) is 7.85. The summed E-state index contributed by atoms with van der Waals surface area (Å²) in [7, 11) is -3.49. The zero-order valence-corrected chi connectivity index (χ0v) is 17.0. The minimum absolute atomic E-state index is 0.0617. The molecule has 2 heterocycles. The van der Waals surface area contributed by atoms with Gasteiger partial charge in [0.25, 0.3) is 0 Å². The molecule has 146 valence electrons. The molecule has 8 heteroatoms. The van der Waals surface area contributed by atoms with Crippen molar-refractivity contribution in [1.82, 2.24) is 4.98 Å². The van der Waals surface area contributed by atoms with Crippen LogP contribution in [-0.4, -0.2) is 37.8 Å². The first-order chi connectivity index (χ1) is 12.6. The molecule has 3 rings (SSSR count). The van der Waals surface area contributed by atoms with Gasteiger partial charge in [-0.25, -0.2) is 17.8 Å². The SMILES string of the molecule is CC(C)(C)S(=O)(=O)c1ccc(N2CCOC(c3ccc(F)c(Cl)c3)C2)cn1. The van der Waals surface area contributed by atoms with Gasteiger partial charge in [-0.2, -0.15) is 0 Å². The summed E-state index contributed by atoms with van der Waals surface area (Å²) in [5.41, 5.74) is 1.61. The summed E-state index contributed by atoms with van der Waals surface area (Å²) in [6.45, 7) is 6.63. The van der Waals surface area contributed by atoms with Crippen LogP contribution in [0.2, 0.25) is 5.02 Å². The molecule has 0 aliphatic carbocycles. The third kappa shape index (κ3) is 4.10. The van der Waals surface area contributed by atoms with Crippen molar-refractivity contribution in [2.75, 3.05) is 24.6 Å². The van der Waals surface area contributed by atoms with Crippen LogP contribution in [-0.2, 0) is 14.6 Å². The Labute approximate surface area is 164 Å². The van der Waals surface area contributed by atoms with Gasteiger partial charge in [0.2, 0.25) is 0 Å². The highest BCUT2D eigenvalue weighted by molar-refractivity contribution is 7.92. The van der Waals surface area contributed by atoms with Crippen LogP contribution < -0.4 is 4.90 Å². The maximum atomic E-state index is 13.4. The van der Waals surface area contributed by atoms with E-state index in [1.54, 1.807) is 45.2 Å². The molecule has 1 fully saturated rings. The number of hydrogen-bond acceptors (Lipinski definition) is 5. The molecule has 0 radical (unpaired) electrons. The Morgan fingerprint density at radius 3 is 2.59 bits per heavy atom. The second kappa shape index (κ2) is 7.37. The van der Waals surface area contributed by atoms with Gasteiger partial charge in [-0.15, -0.1) is 0 Å². The summed E-state index contributed by atoms with van der Waals surface area (Å²) >= 11 is 5.87. The summed E-state index contributed by atoms with van der Waals surface area (Å²) in [6.07, 6.45) is 1.31. The predicted molar refractivity (Wildman–Crippen MR) is 103 cm³/mol. The lowest BCUT2D eigenvalue weighted by Gasteiger charge is -2.34. The molecule has 5 nitrogen and oxygen atoms in total. The fraction of sp³-hybridized carbons (Fsp3) is 0.421. The number of benzene rings is 1. The largest absolute Gasteiger partial charge is 0.370 e. The van der Waals surface area contributed by atoms with Gasteiger partial charge in [0.1, 0.15) is 11.9 Å². The monoisotopic (exact) mass is 412 g/mol. The summed E-state index contributed by atoms with van der Waals surface area (Å²) in [4.78, 5) is 6.24. The Morgan fingerprint density at radius 2 is 2.00 bits per heavy atom. The molecule has 1 aromatic heterocycles. The quantitative estimate of drug-likeness (QED) is 0.761. The fourth-order valence-corrected chi connectivity index (χ4v) is 4.09. The van der Waals surface area contributed by atoms with Gasteiger partial charge < -0.3 is 9.64 Å². The molecule has 1 saturated heterocycles. The number of pyridine rings is 1. The van der Waals surface area contributed by atoms with Crippen LogP contribution in [0, 0.1) is 5.82 Å². The molecule has 0 spiro atoms. The van der Waals surface area contributed by atoms with E-state index in [1.165, 1.54) is 12.1 Å². The van der Waals surface area contributed by atoms with E-state index < -0.39 is 20.4 Å². The van der Waals surface area contributed by atoms with Crippen molar-refractivity contribution in [3.8, 4) is 0 Å². The molecule has 0 N–H and O–H groups in total. The Bertz CT molecular complexity index is 927. The van der Waals surface area contributed by atoms with Gasteiger partial charge in [0, 0.05) is 13.1 Å². The van der Waals surface area contributed by atoms with E-state index in [2.05, 4.69) is 9.88 Å². The first-order valence-electron chi connectivity index (χ1n) is 8.62. The maximum Gasteiger partial charge on any atom is 0.200 e. The highest BCUT2D eigenvalue weighted by Crippen LogP contribution is 2.29. The topological polar surface area (TPSA) is 59.5 Å². The van der Waals surface area contributed by atoms with Crippen LogP contribution >= 0.6 is 11.6 Å². The number of morpholine rings is 1. The molecule has 1 aliphatic rings. The van der Waals surface area contributed by atoms with Crippen molar-refractivity contribution < 1.29 is 17.5 Å². The second-order valence-electron chi connectivity index (χ2n) is 7.45. The normalized spacial score (nSPS) is 18.6. The van der Waals surface area contributed by atoms with Crippen LogP contribution in [0.15, 0.2) is 41.6 Å². The Hall–Kier alpha value is -1.70. The third-order valence-corrected chi connectivity index (χ3v) is 7.24. The molecular weight excluding hydrogens is 391 g/mol. The minimum Gasteiger partial charge on any atom is -0.370 e. The highest BCUT2D eigenvalue weighted by atomic mass is 35.5. The summed E-state index contributed by atoms with van der Waals surface area (Å²) in [5, 5.41) is 0.125. The minimum atomic E-state index is -3.49.